The monoisotopic (exact) mass is 524 g/mol. The van der Waals surface area contributed by atoms with Crippen molar-refractivity contribution in [3.05, 3.63) is 69.5 Å². The smallest absolute Gasteiger partial charge is 0.243 e. The molecule has 34 heavy (non-hydrogen) atoms. The quantitative estimate of drug-likeness (QED) is 0.379. The van der Waals surface area contributed by atoms with Gasteiger partial charge >= 0.3 is 0 Å². The minimum Gasteiger partial charge on any atom is -0.352 e. The highest BCUT2D eigenvalue weighted by Crippen LogP contribution is 2.25. The lowest BCUT2D eigenvalue weighted by Gasteiger charge is -2.33. The topological polar surface area (TPSA) is 49.4 Å². The third-order valence-corrected chi connectivity index (χ3v) is 7.81. The largest absolute Gasteiger partial charge is 0.352 e. The van der Waals surface area contributed by atoms with Gasteiger partial charge in [0, 0.05) is 18.3 Å². The Labute approximate surface area is 215 Å². The van der Waals surface area contributed by atoms with Gasteiger partial charge in [-0.1, -0.05) is 67.6 Å². The van der Waals surface area contributed by atoms with Gasteiger partial charge in [0.05, 0.1) is 15.8 Å². The highest BCUT2D eigenvalue weighted by Gasteiger charge is 2.30. The zero-order valence-corrected chi connectivity index (χ0v) is 21.7. The number of halogens is 3. The normalized spacial score (nSPS) is 15.1. The van der Waals surface area contributed by atoms with E-state index in [1.165, 1.54) is 30.3 Å². The van der Waals surface area contributed by atoms with Crippen molar-refractivity contribution in [3.63, 3.8) is 0 Å². The van der Waals surface area contributed by atoms with Crippen LogP contribution in [0.3, 0.4) is 0 Å². The Balaban J connectivity index is 1.71. The van der Waals surface area contributed by atoms with E-state index in [2.05, 4.69) is 5.32 Å². The van der Waals surface area contributed by atoms with Crippen molar-refractivity contribution in [2.24, 2.45) is 0 Å². The Morgan fingerprint density at radius 1 is 1.06 bits per heavy atom. The zero-order chi connectivity index (χ0) is 24.5. The summed E-state index contributed by atoms with van der Waals surface area (Å²) >= 11 is 13.7. The molecule has 8 heteroatoms. The molecule has 1 N–H and O–H groups in total. The number of amides is 2. The van der Waals surface area contributed by atoms with Crippen molar-refractivity contribution >= 4 is 46.8 Å². The van der Waals surface area contributed by atoms with Crippen LogP contribution >= 0.6 is 35.0 Å². The molecule has 0 heterocycles. The first kappa shape index (κ1) is 26.8. The van der Waals surface area contributed by atoms with E-state index < -0.39 is 6.04 Å². The zero-order valence-electron chi connectivity index (χ0n) is 19.4. The molecule has 1 aliphatic rings. The molecule has 0 aliphatic heterocycles. The van der Waals surface area contributed by atoms with Gasteiger partial charge in [-0.25, -0.2) is 4.39 Å². The van der Waals surface area contributed by atoms with E-state index in [-0.39, 0.29) is 36.0 Å². The lowest BCUT2D eigenvalue weighted by Crippen LogP contribution is -2.52. The summed E-state index contributed by atoms with van der Waals surface area (Å²) in [7, 11) is 0. The lowest BCUT2D eigenvalue weighted by molar-refractivity contribution is -0.139. The second kappa shape index (κ2) is 13.4. The number of nitrogens with one attached hydrogen (secondary N) is 1. The summed E-state index contributed by atoms with van der Waals surface area (Å²) in [6, 6.07) is 11.1. The van der Waals surface area contributed by atoms with Crippen LogP contribution in [0.15, 0.2) is 42.5 Å². The fourth-order valence-corrected chi connectivity index (χ4v) is 5.41. The first-order chi connectivity index (χ1) is 16.4. The summed E-state index contributed by atoms with van der Waals surface area (Å²) in [5.41, 5.74) is 1.76. The van der Waals surface area contributed by atoms with Gasteiger partial charge in [-0.05, 0) is 54.7 Å². The van der Waals surface area contributed by atoms with Gasteiger partial charge in [0.25, 0.3) is 0 Å². The number of hydrogen-bond acceptors (Lipinski definition) is 3. The number of carbonyl (C=O) groups excluding carboxylic acids is 2. The molecule has 4 nitrogen and oxygen atoms in total. The SMILES string of the molecule is CC[C@@H](C(=O)NC1CCCCC1)N(Cc1ccc(Cl)c(Cl)c1)C(=O)CSCc1ccc(F)cc1. The molecule has 3 rings (SSSR count). The maximum Gasteiger partial charge on any atom is 0.243 e. The third-order valence-electron chi connectivity index (χ3n) is 6.08. The molecule has 0 radical (unpaired) electrons. The van der Waals surface area contributed by atoms with Crippen LogP contribution in [0.2, 0.25) is 10.0 Å². The van der Waals surface area contributed by atoms with Crippen LogP contribution in [-0.4, -0.2) is 34.6 Å². The summed E-state index contributed by atoms with van der Waals surface area (Å²) in [6.07, 6.45) is 5.92. The molecule has 1 fully saturated rings. The predicted octanol–water partition coefficient (Wildman–Crippen LogP) is 6.62. The predicted molar refractivity (Wildman–Crippen MR) is 139 cm³/mol. The summed E-state index contributed by atoms with van der Waals surface area (Å²) in [5, 5.41) is 4.03. The van der Waals surface area contributed by atoms with Crippen molar-refractivity contribution in [1.29, 1.82) is 0 Å². The number of thioether (sulfide) groups is 1. The molecule has 2 aromatic rings. The van der Waals surface area contributed by atoms with Crippen molar-refractivity contribution in [1.82, 2.24) is 10.2 Å². The summed E-state index contributed by atoms with van der Waals surface area (Å²) in [4.78, 5) is 28.2. The van der Waals surface area contributed by atoms with Crippen LogP contribution in [0.5, 0.6) is 0 Å². The molecular weight excluding hydrogens is 494 g/mol. The maximum atomic E-state index is 13.3. The summed E-state index contributed by atoms with van der Waals surface area (Å²) < 4.78 is 13.2. The summed E-state index contributed by atoms with van der Waals surface area (Å²) in [5.74, 6) is 0.284. The van der Waals surface area contributed by atoms with E-state index in [9.17, 15) is 14.0 Å². The minimum absolute atomic E-state index is 0.105. The molecule has 2 aromatic carbocycles. The van der Waals surface area contributed by atoms with Crippen LogP contribution in [0.1, 0.15) is 56.6 Å². The Kier molecular flexibility index (Phi) is 10.5. The van der Waals surface area contributed by atoms with E-state index in [0.29, 0.717) is 22.2 Å². The Hall–Kier alpha value is -1.76. The van der Waals surface area contributed by atoms with Crippen molar-refractivity contribution in [3.8, 4) is 0 Å². The van der Waals surface area contributed by atoms with Crippen LogP contribution in [0.25, 0.3) is 0 Å². The van der Waals surface area contributed by atoms with Gasteiger partial charge in [0.1, 0.15) is 11.9 Å². The fraction of sp³-hybridized carbons (Fsp3) is 0.462. The van der Waals surface area contributed by atoms with Gasteiger partial charge in [-0.15, -0.1) is 11.8 Å². The van der Waals surface area contributed by atoms with Gasteiger partial charge in [-0.3, -0.25) is 9.59 Å². The van der Waals surface area contributed by atoms with Crippen LogP contribution in [0.4, 0.5) is 4.39 Å². The molecule has 1 saturated carbocycles. The lowest BCUT2D eigenvalue weighted by atomic mass is 9.95. The molecule has 0 bridgehead atoms. The van der Waals surface area contributed by atoms with Crippen molar-refractivity contribution in [2.45, 2.75) is 69.8 Å². The highest BCUT2D eigenvalue weighted by atomic mass is 35.5. The van der Waals surface area contributed by atoms with Gasteiger partial charge in [0.15, 0.2) is 0 Å². The highest BCUT2D eigenvalue weighted by molar-refractivity contribution is 7.99. The molecule has 0 spiro atoms. The van der Waals surface area contributed by atoms with E-state index >= 15 is 0 Å². The maximum absolute atomic E-state index is 13.3. The number of rotatable bonds is 10. The van der Waals surface area contributed by atoms with Crippen molar-refractivity contribution < 1.29 is 14.0 Å². The van der Waals surface area contributed by atoms with Crippen molar-refractivity contribution in [2.75, 3.05) is 5.75 Å². The van der Waals surface area contributed by atoms with E-state index in [1.54, 1.807) is 29.2 Å². The molecule has 184 valence electrons. The second-order valence-corrected chi connectivity index (χ2v) is 10.5. The average Bonchev–Trinajstić information content (AvgIpc) is 2.83. The Bertz CT molecular complexity index is 968. The minimum atomic E-state index is -0.574. The van der Waals surface area contributed by atoms with Gasteiger partial charge < -0.3 is 10.2 Å². The van der Waals surface area contributed by atoms with Crippen LogP contribution < -0.4 is 5.32 Å². The molecule has 2 amide bonds. The molecule has 1 aliphatic carbocycles. The number of benzene rings is 2. The standard InChI is InChI=1S/C26H31Cl2FN2O2S/c1-2-24(26(33)30-21-6-4-3-5-7-21)31(15-19-10-13-22(27)23(28)14-19)25(32)17-34-16-18-8-11-20(29)12-9-18/h8-14,21,24H,2-7,15-17H2,1H3,(H,30,33)/t24-/m0/s1. The molecular formula is C26H31Cl2FN2O2S. The fourth-order valence-electron chi connectivity index (χ4n) is 4.22. The second-order valence-electron chi connectivity index (χ2n) is 8.66. The first-order valence-electron chi connectivity index (χ1n) is 11.7. The molecule has 1 atom stereocenters. The Morgan fingerprint density at radius 3 is 2.38 bits per heavy atom. The van der Waals surface area contributed by atoms with Crippen LogP contribution in [-0.2, 0) is 21.9 Å². The van der Waals surface area contributed by atoms with Gasteiger partial charge in [0.2, 0.25) is 11.8 Å². The van der Waals surface area contributed by atoms with Crippen LogP contribution in [0, 0.1) is 5.82 Å². The number of hydrogen-bond donors (Lipinski definition) is 1. The summed E-state index contributed by atoms with van der Waals surface area (Å²) in [6.45, 7) is 2.19. The number of nitrogens with zero attached hydrogens (tertiary/aromatic N) is 1. The molecule has 0 saturated heterocycles. The van der Waals surface area contributed by atoms with E-state index in [0.717, 1.165) is 36.8 Å². The van der Waals surface area contributed by atoms with Gasteiger partial charge in [-0.2, -0.15) is 0 Å². The Morgan fingerprint density at radius 2 is 1.74 bits per heavy atom. The van der Waals surface area contributed by atoms with E-state index in [1.807, 2.05) is 13.0 Å². The first-order valence-corrected chi connectivity index (χ1v) is 13.6. The van der Waals surface area contributed by atoms with E-state index in [4.69, 9.17) is 23.2 Å². The number of carbonyl (C=O) groups is 2. The third kappa shape index (κ3) is 7.89. The average molecular weight is 526 g/mol. The molecule has 0 unspecified atom stereocenters. The molecule has 0 aromatic heterocycles.